The van der Waals surface area contributed by atoms with Crippen LogP contribution in [0.15, 0.2) is 54.2 Å². The summed E-state index contributed by atoms with van der Waals surface area (Å²) in [5.74, 6) is 2.13. The monoisotopic (exact) mass is 488 g/mol. The summed E-state index contributed by atoms with van der Waals surface area (Å²) in [6.45, 7) is 6.55. The summed E-state index contributed by atoms with van der Waals surface area (Å²) in [6, 6.07) is 11.0. The fraction of sp³-hybridized carbons (Fsp3) is 0.261. The standard InChI is InChI=1S/C23H25ClN4O4S/c1-5-10-28-21(13-32-16-8-6-15(2)7-9-16)26-27-23(28)33-14-22(29)25-18-12-19(30-3)17(24)11-20(18)31-4/h5-9,11-12H,1,10,13-14H2,2-4H3,(H,25,29). The van der Waals surface area contributed by atoms with E-state index in [1.807, 2.05) is 35.8 Å². The smallest absolute Gasteiger partial charge is 0.234 e. The van der Waals surface area contributed by atoms with E-state index in [9.17, 15) is 4.79 Å². The number of carbonyl (C=O) groups is 1. The fourth-order valence-electron chi connectivity index (χ4n) is 2.90. The van der Waals surface area contributed by atoms with Gasteiger partial charge in [-0.15, -0.1) is 16.8 Å². The van der Waals surface area contributed by atoms with E-state index in [0.29, 0.717) is 39.7 Å². The number of amides is 1. The summed E-state index contributed by atoms with van der Waals surface area (Å²) < 4.78 is 18.2. The van der Waals surface area contributed by atoms with Gasteiger partial charge < -0.3 is 19.5 Å². The van der Waals surface area contributed by atoms with E-state index in [-0.39, 0.29) is 18.3 Å². The highest BCUT2D eigenvalue weighted by atomic mass is 35.5. The van der Waals surface area contributed by atoms with Crippen LogP contribution < -0.4 is 19.5 Å². The van der Waals surface area contributed by atoms with Gasteiger partial charge in [0.25, 0.3) is 0 Å². The molecule has 1 aromatic heterocycles. The van der Waals surface area contributed by atoms with Crippen molar-refractivity contribution in [3.63, 3.8) is 0 Å². The van der Waals surface area contributed by atoms with Crippen LogP contribution in [-0.4, -0.2) is 40.6 Å². The Balaban J connectivity index is 1.65. The predicted octanol–water partition coefficient (Wildman–Crippen LogP) is 4.75. The van der Waals surface area contributed by atoms with E-state index >= 15 is 0 Å². The minimum Gasteiger partial charge on any atom is -0.495 e. The van der Waals surface area contributed by atoms with E-state index in [1.165, 1.54) is 26.0 Å². The summed E-state index contributed by atoms with van der Waals surface area (Å²) >= 11 is 7.38. The topological polar surface area (TPSA) is 87.5 Å². The van der Waals surface area contributed by atoms with Gasteiger partial charge in [0.1, 0.15) is 23.9 Å². The Bertz CT molecular complexity index is 1120. The number of nitrogens with zero attached hydrogens (tertiary/aromatic N) is 3. The highest BCUT2D eigenvalue weighted by Crippen LogP contribution is 2.36. The highest BCUT2D eigenvalue weighted by molar-refractivity contribution is 7.99. The molecule has 0 aliphatic carbocycles. The number of allylic oxidation sites excluding steroid dienone is 1. The van der Waals surface area contributed by atoms with E-state index in [0.717, 1.165) is 11.3 Å². The summed E-state index contributed by atoms with van der Waals surface area (Å²) in [5, 5.41) is 12.2. The number of hydrogen-bond donors (Lipinski definition) is 1. The molecule has 0 unspecified atom stereocenters. The average molecular weight is 489 g/mol. The number of methoxy groups -OCH3 is 2. The quantitative estimate of drug-likeness (QED) is 0.307. The Hall–Kier alpha value is -3.17. The summed E-state index contributed by atoms with van der Waals surface area (Å²) in [7, 11) is 3.00. The van der Waals surface area contributed by atoms with Crippen molar-refractivity contribution >= 4 is 35.0 Å². The van der Waals surface area contributed by atoms with E-state index < -0.39 is 0 Å². The Kier molecular flexibility index (Phi) is 8.62. The van der Waals surface area contributed by atoms with Crippen molar-refractivity contribution in [2.24, 2.45) is 0 Å². The molecule has 0 aliphatic rings. The molecular weight excluding hydrogens is 464 g/mol. The second-order valence-electron chi connectivity index (χ2n) is 6.92. The molecule has 0 saturated heterocycles. The molecule has 1 amide bonds. The molecule has 8 nitrogen and oxygen atoms in total. The Morgan fingerprint density at radius 3 is 2.58 bits per heavy atom. The maximum Gasteiger partial charge on any atom is 0.234 e. The van der Waals surface area contributed by atoms with Crippen LogP contribution in [0.1, 0.15) is 11.4 Å². The molecule has 0 spiro atoms. The molecule has 0 fully saturated rings. The van der Waals surface area contributed by atoms with Crippen molar-refractivity contribution in [2.45, 2.75) is 25.2 Å². The molecule has 1 heterocycles. The van der Waals surface area contributed by atoms with E-state index in [2.05, 4.69) is 22.1 Å². The maximum atomic E-state index is 12.6. The lowest BCUT2D eigenvalue weighted by molar-refractivity contribution is -0.113. The largest absolute Gasteiger partial charge is 0.495 e. The molecule has 33 heavy (non-hydrogen) atoms. The molecule has 174 valence electrons. The molecule has 2 aromatic carbocycles. The van der Waals surface area contributed by atoms with Crippen LogP contribution in [0.5, 0.6) is 17.2 Å². The lowest BCUT2D eigenvalue weighted by Crippen LogP contribution is -2.15. The Labute approximate surface area is 201 Å². The minimum absolute atomic E-state index is 0.113. The van der Waals surface area contributed by atoms with Gasteiger partial charge in [0.15, 0.2) is 11.0 Å². The number of thioether (sulfide) groups is 1. The normalized spacial score (nSPS) is 10.5. The van der Waals surface area contributed by atoms with Gasteiger partial charge in [-0.25, -0.2) is 0 Å². The van der Waals surface area contributed by atoms with Crippen molar-refractivity contribution in [2.75, 3.05) is 25.3 Å². The molecule has 3 aromatic rings. The first-order chi connectivity index (χ1) is 15.9. The lowest BCUT2D eigenvalue weighted by Gasteiger charge is -2.13. The fourth-order valence-corrected chi connectivity index (χ4v) is 3.90. The van der Waals surface area contributed by atoms with Crippen LogP contribution in [0.25, 0.3) is 0 Å². The number of ether oxygens (including phenoxy) is 3. The van der Waals surface area contributed by atoms with Gasteiger partial charge in [-0.05, 0) is 19.1 Å². The number of rotatable bonds is 11. The molecule has 1 N–H and O–H groups in total. The molecule has 0 atom stereocenters. The predicted molar refractivity (Wildman–Crippen MR) is 130 cm³/mol. The average Bonchev–Trinajstić information content (AvgIpc) is 3.19. The Morgan fingerprint density at radius 1 is 1.18 bits per heavy atom. The number of anilines is 1. The zero-order valence-electron chi connectivity index (χ0n) is 18.6. The van der Waals surface area contributed by atoms with Gasteiger partial charge in [-0.1, -0.05) is 47.1 Å². The van der Waals surface area contributed by atoms with Gasteiger partial charge in [0, 0.05) is 18.7 Å². The first-order valence-corrected chi connectivity index (χ1v) is 11.4. The first-order valence-electron chi connectivity index (χ1n) is 10.0. The summed E-state index contributed by atoms with van der Waals surface area (Å²) in [6.07, 6.45) is 1.74. The van der Waals surface area contributed by atoms with Gasteiger partial charge in [0.2, 0.25) is 5.91 Å². The number of hydrogen-bond acceptors (Lipinski definition) is 7. The van der Waals surface area contributed by atoms with Crippen LogP contribution in [-0.2, 0) is 17.9 Å². The third-order valence-electron chi connectivity index (χ3n) is 4.57. The molecule has 0 radical (unpaired) electrons. The van der Waals surface area contributed by atoms with Crippen LogP contribution in [0.4, 0.5) is 5.69 Å². The number of halogens is 1. The first kappa shape index (κ1) is 24.5. The van der Waals surface area contributed by atoms with Crippen molar-refractivity contribution in [1.82, 2.24) is 14.8 Å². The van der Waals surface area contributed by atoms with Gasteiger partial charge in [0.05, 0.1) is 30.7 Å². The molecule has 0 aliphatic heterocycles. The van der Waals surface area contributed by atoms with Crippen LogP contribution in [0, 0.1) is 6.92 Å². The maximum absolute atomic E-state index is 12.6. The van der Waals surface area contributed by atoms with Crippen molar-refractivity contribution in [3.05, 3.63) is 65.5 Å². The number of aryl methyl sites for hydroxylation is 1. The van der Waals surface area contributed by atoms with Gasteiger partial charge in [-0.2, -0.15) is 0 Å². The van der Waals surface area contributed by atoms with E-state index in [4.69, 9.17) is 25.8 Å². The van der Waals surface area contributed by atoms with Crippen molar-refractivity contribution in [1.29, 1.82) is 0 Å². The minimum atomic E-state index is -0.242. The third-order valence-corrected chi connectivity index (χ3v) is 5.84. The SMILES string of the molecule is C=CCn1c(COc2ccc(C)cc2)nnc1SCC(=O)Nc1cc(OC)c(Cl)cc1OC. The number of nitrogens with one attached hydrogen (secondary N) is 1. The molecular formula is C23H25ClN4O4S. The summed E-state index contributed by atoms with van der Waals surface area (Å²) in [5.41, 5.74) is 1.62. The number of carbonyl (C=O) groups excluding carboxylic acids is 1. The van der Waals surface area contributed by atoms with Gasteiger partial charge in [-0.3, -0.25) is 9.36 Å². The van der Waals surface area contributed by atoms with Crippen LogP contribution >= 0.6 is 23.4 Å². The zero-order chi connectivity index (χ0) is 23.8. The second-order valence-corrected chi connectivity index (χ2v) is 8.27. The highest BCUT2D eigenvalue weighted by Gasteiger charge is 2.16. The van der Waals surface area contributed by atoms with Crippen molar-refractivity contribution in [3.8, 4) is 17.2 Å². The van der Waals surface area contributed by atoms with Crippen molar-refractivity contribution < 1.29 is 19.0 Å². The summed E-state index contributed by atoms with van der Waals surface area (Å²) in [4.78, 5) is 12.6. The van der Waals surface area contributed by atoms with Crippen LogP contribution in [0.3, 0.4) is 0 Å². The lowest BCUT2D eigenvalue weighted by atomic mass is 10.2. The second kappa shape index (κ2) is 11.6. The van der Waals surface area contributed by atoms with Crippen LogP contribution in [0.2, 0.25) is 5.02 Å². The number of benzene rings is 2. The third kappa shape index (κ3) is 6.43. The van der Waals surface area contributed by atoms with Gasteiger partial charge >= 0.3 is 0 Å². The molecule has 0 saturated carbocycles. The molecule has 0 bridgehead atoms. The number of aromatic nitrogens is 3. The molecule has 3 rings (SSSR count). The zero-order valence-corrected chi connectivity index (χ0v) is 20.2. The van der Waals surface area contributed by atoms with E-state index in [1.54, 1.807) is 18.2 Å². The Morgan fingerprint density at radius 2 is 1.91 bits per heavy atom. The molecule has 10 heteroatoms.